The van der Waals surface area contributed by atoms with Crippen molar-refractivity contribution in [2.75, 3.05) is 0 Å². The second-order valence-corrected chi connectivity index (χ2v) is 17.4. The van der Waals surface area contributed by atoms with Gasteiger partial charge in [0, 0.05) is 5.92 Å². The van der Waals surface area contributed by atoms with Gasteiger partial charge in [0.15, 0.2) is 0 Å². The Kier molecular flexibility index (Phi) is 8.22. The molecule has 2 aliphatic rings. The van der Waals surface area contributed by atoms with Gasteiger partial charge in [-0.3, -0.25) is 0 Å². The minimum absolute atomic E-state index is 0.00917. The second-order valence-electron chi connectivity index (χ2n) is 17.4. The van der Waals surface area contributed by atoms with Crippen LogP contribution in [0.15, 0.2) is 121 Å². The SMILES string of the molecule is CC(C)(C)c1ccc(Cc2c3c(c(C4C=CC=C4)c(C(C)(C)C)c2-c2ccccc2)-c2cc(C(C)(C)C)c(-c4ccccc4)cc2C3)cc1. The molecule has 0 heterocycles. The fourth-order valence-corrected chi connectivity index (χ4v) is 8.25. The smallest absolute Gasteiger partial charge is 0.0214 e. The van der Waals surface area contributed by atoms with Gasteiger partial charge in [0.05, 0.1) is 0 Å². The van der Waals surface area contributed by atoms with Crippen molar-refractivity contribution in [1.29, 1.82) is 0 Å². The van der Waals surface area contributed by atoms with Crippen molar-refractivity contribution in [3.8, 4) is 33.4 Å². The lowest BCUT2D eigenvalue weighted by Gasteiger charge is -2.34. The molecule has 7 rings (SSSR count). The fraction of sp³-hybridized carbons (Fsp3) is 0.306. The Morgan fingerprint density at radius 2 is 1.16 bits per heavy atom. The first-order chi connectivity index (χ1) is 23.2. The summed E-state index contributed by atoms with van der Waals surface area (Å²) in [6.45, 7) is 21.3. The molecule has 0 bridgehead atoms. The second kappa shape index (κ2) is 12.2. The van der Waals surface area contributed by atoms with E-state index in [0.717, 1.165) is 12.8 Å². The van der Waals surface area contributed by atoms with E-state index in [0.29, 0.717) is 0 Å². The van der Waals surface area contributed by atoms with Gasteiger partial charge < -0.3 is 0 Å². The van der Waals surface area contributed by atoms with Crippen LogP contribution in [0.2, 0.25) is 0 Å². The zero-order valence-electron chi connectivity index (χ0n) is 31.0. The van der Waals surface area contributed by atoms with Gasteiger partial charge in [-0.15, -0.1) is 0 Å². The van der Waals surface area contributed by atoms with Gasteiger partial charge in [-0.05, 0) is 119 Å². The van der Waals surface area contributed by atoms with Crippen molar-refractivity contribution in [3.05, 3.63) is 166 Å². The predicted octanol–water partition coefficient (Wildman–Crippen LogP) is 13.3. The standard InChI is InChI=1S/C49H52/c1-47(2,3)37-26-24-32(25-27-37)28-40-41-30-36-29-38(33-18-12-10-13-19-33)42(48(4,5)6)31-39(36)45(41)44(35-22-16-17-23-35)46(49(7,8)9)43(40)34-20-14-11-15-21-34/h10-27,29,31,35H,28,30H2,1-9H3. The molecule has 5 aromatic carbocycles. The largest absolute Gasteiger partial charge is 0.0732 e. The third kappa shape index (κ3) is 6.16. The van der Waals surface area contributed by atoms with E-state index in [-0.39, 0.29) is 22.2 Å². The van der Waals surface area contributed by atoms with Crippen molar-refractivity contribution in [1.82, 2.24) is 0 Å². The van der Waals surface area contributed by atoms with Crippen molar-refractivity contribution < 1.29 is 0 Å². The summed E-state index contributed by atoms with van der Waals surface area (Å²) in [4.78, 5) is 0. The Balaban J connectivity index is 1.58. The van der Waals surface area contributed by atoms with Gasteiger partial charge in [0.1, 0.15) is 0 Å². The summed E-state index contributed by atoms with van der Waals surface area (Å²) in [7, 11) is 0. The molecule has 0 nitrogen and oxygen atoms in total. The van der Waals surface area contributed by atoms with Gasteiger partial charge in [-0.25, -0.2) is 0 Å². The molecule has 0 atom stereocenters. The van der Waals surface area contributed by atoms with Crippen molar-refractivity contribution in [2.24, 2.45) is 0 Å². The van der Waals surface area contributed by atoms with E-state index in [9.17, 15) is 0 Å². The molecular weight excluding hydrogens is 589 g/mol. The van der Waals surface area contributed by atoms with Crippen molar-refractivity contribution >= 4 is 0 Å². The summed E-state index contributed by atoms with van der Waals surface area (Å²) in [6.07, 6.45) is 11.2. The van der Waals surface area contributed by atoms with E-state index < -0.39 is 0 Å². The Hall–Kier alpha value is -4.42. The van der Waals surface area contributed by atoms with Crippen LogP contribution >= 0.6 is 0 Å². The number of rotatable bonds is 5. The summed E-state index contributed by atoms with van der Waals surface area (Å²) >= 11 is 0. The van der Waals surface area contributed by atoms with Crippen molar-refractivity contribution in [3.63, 3.8) is 0 Å². The zero-order valence-corrected chi connectivity index (χ0v) is 31.0. The average Bonchev–Trinajstić information content (AvgIpc) is 3.72. The average molecular weight is 641 g/mol. The highest BCUT2D eigenvalue weighted by Gasteiger charge is 2.37. The van der Waals surface area contributed by atoms with Crippen LogP contribution < -0.4 is 0 Å². The van der Waals surface area contributed by atoms with Crippen LogP contribution in [0.1, 0.15) is 113 Å². The molecule has 0 saturated heterocycles. The molecule has 5 aromatic rings. The molecule has 0 heteroatoms. The van der Waals surface area contributed by atoms with E-state index in [4.69, 9.17) is 0 Å². The maximum absolute atomic E-state index is 2.58. The van der Waals surface area contributed by atoms with E-state index >= 15 is 0 Å². The van der Waals surface area contributed by atoms with Crippen LogP contribution in [-0.2, 0) is 29.1 Å². The highest BCUT2D eigenvalue weighted by Crippen LogP contribution is 2.54. The molecule has 0 spiro atoms. The number of fused-ring (bicyclic) bond motifs is 3. The molecule has 0 aromatic heterocycles. The van der Waals surface area contributed by atoms with E-state index in [2.05, 4.69) is 184 Å². The van der Waals surface area contributed by atoms with Crippen LogP contribution in [0.4, 0.5) is 0 Å². The fourth-order valence-electron chi connectivity index (χ4n) is 8.25. The summed E-state index contributed by atoms with van der Waals surface area (Å²) in [6, 6.07) is 36.8. The molecule has 0 amide bonds. The van der Waals surface area contributed by atoms with Crippen LogP contribution in [-0.4, -0.2) is 0 Å². The molecular formula is C49H52. The highest BCUT2D eigenvalue weighted by atomic mass is 14.4. The Morgan fingerprint density at radius 3 is 1.71 bits per heavy atom. The maximum Gasteiger partial charge on any atom is 0.0214 e. The molecule has 2 aliphatic carbocycles. The van der Waals surface area contributed by atoms with Crippen LogP contribution in [0, 0.1) is 0 Å². The lowest BCUT2D eigenvalue weighted by Crippen LogP contribution is -2.20. The minimum atomic E-state index is -0.0791. The van der Waals surface area contributed by atoms with E-state index in [1.54, 1.807) is 0 Å². The van der Waals surface area contributed by atoms with Gasteiger partial charge >= 0.3 is 0 Å². The maximum atomic E-state index is 2.58. The Bertz CT molecular complexity index is 2050. The summed E-state index contributed by atoms with van der Waals surface area (Å²) in [5.74, 6) is 0.239. The molecule has 0 aliphatic heterocycles. The Labute approximate surface area is 295 Å². The van der Waals surface area contributed by atoms with Crippen LogP contribution in [0.3, 0.4) is 0 Å². The number of hydrogen-bond donors (Lipinski definition) is 0. The third-order valence-electron chi connectivity index (χ3n) is 10.6. The molecule has 0 radical (unpaired) electrons. The Morgan fingerprint density at radius 1 is 0.571 bits per heavy atom. The number of allylic oxidation sites excluding steroid dienone is 4. The van der Waals surface area contributed by atoms with E-state index in [1.165, 1.54) is 77.9 Å². The monoisotopic (exact) mass is 640 g/mol. The lowest BCUT2D eigenvalue weighted by molar-refractivity contribution is 0.583. The lowest BCUT2D eigenvalue weighted by atomic mass is 9.70. The first-order valence-electron chi connectivity index (χ1n) is 18.2. The summed E-state index contributed by atoms with van der Waals surface area (Å²) in [5.41, 5.74) is 19.9. The third-order valence-corrected chi connectivity index (χ3v) is 10.6. The number of benzene rings is 5. The molecule has 0 N–H and O–H groups in total. The topological polar surface area (TPSA) is 0 Å². The molecule has 0 saturated carbocycles. The molecule has 49 heavy (non-hydrogen) atoms. The molecule has 0 unspecified atom stereocenters. The van der Waals surface area contributed by atoms with Gasteiger partial charge in [-0.2, -0.15) is 0 Å². The predicted molar refractivity (Wildman–Crippen MR) is 212 cm³/mol. The number of hydrogen-bond acceptors (Lipinski definition) is 0. The first kappa shape index (κ1) is 33.1. The first-order valence-corrected chi connectivity index (χ1v) is 18.2. The van der Waals surface area contributed by atoms with Gasteiger partial charge in [0.2, 0.25) is 0 Å². The van der Waals surface area contributed by atoms with Gasteiger partial charge in [-0.1, -0.05) is 172 Å². The summed E-state index contributed by atoms with van der Waals surface area (Å²) in [5, 5.41) is 0. The molecule has 248 valence electrons. The normalized spacial score (nSPS) is 14.4. The van der Waals surface area contributed by atoms with E-state index in [1.807, 2.05) is 0 Å². The minimum Gasteiger partial charge on any atom is -0.0732 e. The van der Waals surface area contributed by atoms with Crippen LogP contribution in [0.5, 0.6) is 0 Å². The van der Waals surface area contributed by atoms with Gasteiger partial charge in [0.25, 0.3) is 0 Å². The molecule has 0 fully saturated rings. The highest BCUT2D eigenvalue weighted by molar-refractivity contribution is 5.92. The van der Waals surface area contributed by atoms with Crippen LogP contribution in [0.25, 0.3) is 33.4 Å². The quantitative estimate of drug-likeness (QED) is 0.176. The summed E-state index contributed by atoms with van der Waals surface area (Å²) < 4.78 is 0. The van der Waals surface area contributed by atoms with Crippen molar-refractivity contribution in [2.45, 2.75) is 97.3 Å². The zero-order chi connectivity index (χ0) is 34.7.